The van der Waals surface area contributed by atoms with Crippen molar-refractivity contribution in [3.05, 3.63) is 58.6 Å². The zero-order chi connectivity index (χ0) is 18.5. The molecule has 1 aliphatic heterocycles. The number of para-hydroxylation sites is 2. The largest absolute Gasteiger partial charge is 0.324 e. The van der Waals surface area contributed by atoms with E-state index in [1.54, 1.807) is 0 Å². The number of rotatable bonds is 6. The average Bonchev–Trinajstić information content (AvgIpc) is 3.06. The fourth-order valence-electron chi connectivity index (χ4n) is 3.10. The molecule has 0 saturated heterocycles. The molecule has 3 rings (SSSR count). The molecule has 5 nitrogen and oxygen atoms in total. The SMILES string of the molecule is CN(CCC(=O)N1CCc2ccccc21)CC(=O)Nc1ccccc1Br. The summed E-state index contributed by atoms with van der Waals surface area (Å²) >= 11 is 3.41. The van der Waals surface area contributed by atoms with Gasteiger partial charge in [0.05, 0.1) is 12.2 Å². The zero-order valence-corrected chi connectivity index (χ0v) is 16.3. The van der Waals surface area contributed by atoms with Gasteiger partial charge < -0.3 is 10.2 Å². The van der Waals surface area contributed by atoms with E-state index in [9.17, 15) is 9.59 Å². The average molecular weight is 416 g/mol. The van der Waals surface area contributed by atoms with Gasteiger partial charge in [-0.1, -0.05) is 30.3 Å². The third kappa shape index (κ3) is 4.51. The summed E-state index contributed by atoms with van der Waals surface area (Å²) in [5, 5.41) is 2.87. The van der Waals surface area contributed by atoms with Crippen molar-refractivity contribution in [2.45, 2.75) is 12.8 Å². The highest BCUT2D eigenvalue weighted by Crippen LogP contribution is 2.27. The van der Waals surface area contributed by atoms with Gasteiger partial charge in [-0.2, -0.15) is 0 Å². The highest BCUT2D eigenvalue weighted by molar-refractivity contribution is 9.10. The molecule has 0 fully saturated rings. The topological polar surface area (TPSA) is 52.7 Å². The lowest BCUT2D eigenvalue weighted by atomic mass is 10.2. The number of nitrogens with zero attached hydrogens (tertiary/aromatic N) is 2. The number of nitrogens with one attached hydrogen (secondary N) is 1. The number of benzene rings is 2. The van der Waals surface area contributed by atoms with Crippen LogP contribution in [-0.4, -0.2) is 43.4 Å². The Balaban J connectivity index is 1.47. The number of fused-ring (bicyclic) bond motifs is 1. The van der Waals surface area contributed by atoms with Gasteiger partial charge in [0, 0.05) is 29.7 Å². The smallest absolute Gasteiger partial charge is 0.238 e. The number of likely N-dealkylation sites (N-methyl/N-ethyl adjacent to an activating group) is 1. The molecule has 2 aromatic rings. The second-order valence-electron chi connectivity index (χ2n) is 6.44. The van der Waals surface area contributed by atoms with E-state index in [0.29, 0.717) is 13.0 Å². The van der Waals surface area contributed by atoms with Gasteiger partial charge in [0.2, 0.25) is 11.8 Å². The van der Waals surface area contributed by atoms with Gasteiger partial charge in [0.15, 0.2) is 0 Å². The predicted octanol–water partition coefficient (Wildman–Crippen LogP) is 3.30. The van der Waals surface area contributed by atoms with Crippen LogP contribution in [0.25, 0.3) is 0 Å². The third-order valence-corrected chi connectivity index (χ3v) is 5.15. The molecule has 0 aliphatic carbocycles. The van der Waals surface area contributed by atoms with Crippen LogP contribution in [0.1, 0.15) is 12.0 Å². The maximum Gasteiger partial charge on any atom is 0.238 e. The normalized spacial score (nSPS) is 13.0. The second kappa shape index (κ2) is 8.47. The van der Waals surface area contributed by atoms with Crippen LogP contribution < -0.4 is 10.2 Å². The van der Waals surface area contributed by atoms with Crippen molar-refractivity contribution in [1.82, 2.24) is 4.90 Å². The summed E-state index contributed by atoms with van der Waals surface area (Å²) in [6.07, 6.45) is 1.30. The molecule has 1 heterocycles. The molecule has 1 N–H and O–H groups in total. The lowest BCUT2D eigenvalue weighted by molar-refractivity contribution is -0.120. The number of halogens is 1. The van der Waals surface area contributed by atoms with Crippen LogP contribution in [0, 0.1) is 0 Å². The molecule has 0 aromatic heterocycles. The molecule has 0 radical (unpaired) electrons. The molecule has 6 heteroatoms. The van der Waals surface area contributed by atoms with Gasteiger partial charge in [0.25, 0.3) is 0 Å². The Morgan fingerprint density at radius 3 is 2.69 bits per heavy atom. The van der Waals surface area contributed by atoms with Gasteiger partial charge in [-0.15, -0.1) is 0 Å². The molecule has 2 amide bonds. The summed E-state index contributed by atoms with van der Waals surface area (Å²) in [7, 11) is 1.85. The van der Waals surface area contributed by atoms with Crippen LogP contribution >= 0.6 is 15.9 Å². The summed E-state index contributed by atoms with van der Waals surface area (Å²) in [6, 6.07) is 15.5. The molecular weight excluding hydrogens is 394 g/mol. The van der Waals surface area contributed by atoms with Crippen LogP contribution in [0.15, 0.2) is 53.0 Å². The van der Waals surface area contributed by atoms with Crippen LogP contribution in [0.2, 0.25) is 0 Å². The minimum atomic E-state index is -0.0987. The summed E-state index contributed by atoms with van der Waals surface area (Å²) in [5.74, 6) is 0.00591. The first kappa shape index (κ1) is 18.6. The highest BCUT2D eigenvalue weighted by Gasteiger charge is 2.24. The van der Waals surface area contributed by atoms with Gasteiger partial charge in [-0.05, 0) is 53.2 Å². The van der Waals surface area contributed by atoms with Gasteiger partial charge in [-0.25, -0.2) is 0 Å². The maximum absolute atomic E-state index is 12.5. The first-order valence-electron chi connectivity index (χ1n) is 8.66. The van der Waals surface area contributed by atoms with Crippen molar-refractivity contribution < 1.29 is 9.59 Å². The predicted molar refractivity (Wildman–Crippen MR) is 107 cm³/mol. The van der Waals surface area contributed by atoms with E-state index in [1.165, 1.54) is 5.56 Å². The van der Waals surface area contributed by atoms with Crippen LogP contribution in [-0.2, 0) is 16.0 Å². The van der Waals surface area contributed by atoms with E-state index < -0.39 is 0 Å². The molecule has 136 valence electrons. The fourth-order valence-corrected chi connectivity index (χ4v) is 3.48. The minimum Gasteiger partial charge on any atom is -0.324 e. The fraction of sp³-hybridized carbons (Fsp3) is 0.300. The molecule has 26 heavy (non-hydrogen) atoms. The lowest BCUT2D eigenvalue weighted by Gasteiger charge is -2.20. The van der Waals surface area contributed by atoms with Crippen LogP contribution in [0.3, 0.4) is 0 Å². The monoisotopic (exact) mass is 415 g/mol. The minimum absolute atomic E-state index is 0.0987. The van der Waals surface area contributed by atoms with Crippen molar-refractivity contribution in [2.24, 2.45) is 0 Å². The molecule has 0 saturated carbocycles. The number of carbonyl (C=O) groups is 2. The standard InChI is InChI=1S/C20H22BrN3O2/c1-23(14-19(25)22-17-8-4-3-7-16(17)21)12-11-20(26)24-13-10-15-6-2-5-9-18(15)24/h2-9H,10-14H2,1H3,(H,22,25). The summed E-state index contributed by atoms with van der Waals surface area (Å²) in [5.41, 5.74) is 2.99. The van der Waals surface area contributed by atoms with Crippen molar-refractivity contribution in [1.29, 1.82) is 0 Å². The van der Waals surface area contributed by atoms with E-state index in [1.807, 2.05) is 59.3 Å². The van der Waals surface area contributed by atoms with Crippen LogP contribution in [0.4, 0.5) is 11.4 Å². The molecule has 0 unspecified atom stereocenters. The summed E-state index contributed by atoms with van der Waals surface area (Å²) in [4.78, 5) is 28.4. The number of hydrogen-bond acceptors (Lipinski definition) is 3. The van der Waals surface area contributed by atoms with Gasteiger partial charge >= 0.3 is 0 Å². The Morgan fingerprint density at radius 2 is 1.88 bits per heavy atom. The Bertz CT molecular complexity index is 809. The molecule has 0 bridgehead atoms. The first-order valence-corrected chi connectivity index (χ1v) is 9.45. The van der Waals surface area contributed by atoms with Crippen LogP contribution in [0.5, 0.6) is 0 Å². The number of anilines is 2. The number of hydrogen-bond donors (Lipinski definition) is 1. The Morgan fingerprint density at radius 1 is 1.15 bits per heavy atom. The van der Waals surface area contributed by atoms with E-state index in [-0.39, 0.29) is 18.4 Å². The Labute approximate surface area is 162 Å². The zero-order valence-electron chi connectivity index (χ0n) is 14.7. The summed E-state index contributed by atoms with van der Waals surface area (Å²) < 4.78 is 0.846. The summed E-state index contributed by atoms with van der Waals surface area (Å²) in [6.45, 7) is 1.52. The van der Waals surface area contributed by atoms with E-state index in [4.69, 9.17) is 0 Å². The van der Waals surface area contributed by atoms with Crippen molar-refractivity contribution in [2.75, 3.05) is 36.9 Å². The number of carbonyl (C=O) groups excluding carboxylic acids is 2. The van der Waals surface area contributed by atoms with E-state index >= 15 is 0 Å². The molecule has 0 atom stereocenters. The number of amides is 2. The third-order valence-electron chi connectivity index (χ3n) is 4.46. The first-order chi connectivity index (χ1) is 12.5. The molecule has 0 spiro atoms. The highest BCUT2D eigenvalue weighted by atomic mass is 79.9. The van der Waals surface area contributed by atoms with Crippen molar-refractivity contribution in [3.8, 4) is 0 Å². The van der Waals surface area contributed by atoms with E-state index in [2.05, 4.69) is 27.3 Å². The van der Waals surface area contributed by atoms with E-state index in [0.717, 1.165) is 28.8 Å². The molecular formula is C20H22BrN3O2. The van der Waals surface area contributed by atoms with Gasteiger partial charge in [-0.3, -0.25) is 14.5 Å². The Kier molecular flexibility index (Phi) is 6.06. The van der Waals surface area contributed by atoms with Crippen molar-refractivity contribution in [3.63, 3.8) is 0 Å². The van der Waals surface area contributed by atoms with Gasteiger partial charge in [0.1, 0.15) is 0 Å². The molecule has 1 aliphatic rings. The second-order valence-corrected chi connectivity index (χ2v) is 7.29. The maximum atomic E-state index is 12.5. The quantitative estimate of drug-likeness (QED) is 0.787. The lowest BCUT2D eigenvalue weighted by Crippen LogP contribution is -2.35. The molecule has 2 aromatic carbocycles. The van der Waals surface area contributed by atoms with Crippen molar-refractivity contribution >= 4 is 39.1 Å². The Hall–Kier alpha value is -2.18.